The number of Topliss-reactive ketones (excluding diaryl/α,β-unsaturated/α-hetero) is 1. The van der Waals surface area contributed by atoms with Crippen LogP contribution in [-0.2, 0) is 0 Å². The number of rotatable bonds is 2. The molecule has 1 aromatic carbocycles. The number of ketones is 1. The summed E-state index contributed by atoms with van der Waals surface area (Å²) in [6.45, 7) is 1.12. The van der Waals surface area contributed by atoms with E-state index in [2.05, 4.69) is 0 Å². The predicted molar refractivity (Wildman–Crippen MR) is 45.8 cm³/mol. The average Bonchev–Trinajstić information content (AvgIpc) is 2.08. The summed E-state index contributed by atoms with van der Waals surface area (Å²) in [7, 11) is 0. The number of carbonyl (C=O) groups excluding carboxylic acids is 1. The Labute approximate surface area is 78.5 Å². The summed E-state index contributed by atoms with van der Waals surface area (Å²) in [5, 5.41) is 0. The third-order valence-corrected chi connectivity index (χ3v) is 1.78. The van der Waals surface area contributed by atoms with Gasteiger partial charge in [0.15, 0.2) is 5.78 Å². The van der Waals surface area contributed by atoms with Gasteiger partial charge in [0.1, 0.15) is 5.82 Å². The van der Waals surface area contributed by atoms with Gasteiger partial charge >= 0.3 is 0 Å². The summed E-state index contributed by atoms with van der Waals surface area (Å²) in [6, 6.07) is 1.52. The van der Waals surface area contributed by atoms with Crippen molar-refractivity contribution in [1.29, 1.82) is 0 Å². The first kappa shape index (κ1) is 10.6. The molecule has 0 saturated carbocycles. The van der Waals surface area contributed by atoms with Crippen LogP contribution in [0.2, 0.25) is 0 Å². The molecule has 0 bridgehead atoms. The molecule has 2 nitrogen and oxygen atoms in total. The normalized spacial score (nSPS) is 10.6. The van der Waals surface area contributed by atoms with E-state index in [1.54, 1.807) is 0 Å². The lowest BCUT2D eigenvalue weighted by atomic mass is 10.0. The van der Waals surface area contributed by atoms with Gasteiger partial charge in [-0.15, -0.1) is 0 Å². The molecule has 0 heterocycles. The third kappa shape index (κ3) is 1.86. The molecule has 0 aliphatic heterocycles. The van der Waals surface area contributed by atoms with Gasteiger partial charge in [-0.2, -0.15) is 0 Å². The van der Waals surface area contributed by atoms with Crippen LogP contribution < -0.4 is 5.73 Å². The smallest absolute Gasteiger partial charge is 0.264 e. The monoisotopic (exact) mass is 203 g/mol. The average molecular weight is 203 g/mol. The van der Waals surface area contributed by atoms with Gasteiger partial charge in [0.2, 0.25) is 0 Å². The Balaban J connectivity index is 3.39. The maximum Gasteiger partial charge on any atom is 0.264 e. The molecule has 1 aromatic rings. The maximum absolute atomic E-state index is 12.8. The summed E-state index contributed by atoms with van der Waals surface area (Å²) < 4.78 is 37.5. The minimum Gasteiger partial charge on any atom is -0.396 e. The van der Waals surface area contributed by atoms with E-state index in [1.165, 1.54) is 0 Å². The lowest BCUT2D eigenvalue weighted by Crippen LogP contribution is -2.04. The van der Waals surface area contributed by atoms with E-state index in [0.717, 1.165) is 13.0 Å². The first-order valence-corrected chi connectivity index (χ1v) is 3.81. The number of hydrogen-bond donors (Lipinski definition) is 1. The Kier molecular flexibility index (Phi) is 2.78. The molecule has 2 N–H and O–H groups in total. The van der Waals surface area contributed by atoms with Crippen molar-refractivity contribution in [3.63, 3.8) is 0 Å². The highest BCUT2D eigenvalue weighted by atomic mass is 19.3. The van der Waals surface area contributed by atoms with Crippen molar-refractivity contribution in [3.05, 3.63) is 29.1 Å². The molecular formula is C9H8F3NO. The summed E-state index contributed by atoms with van der Waals surface area (Å²) in [6.07, 6.45) is -2.89. The fraction of sp³-hybridized carbons (Fsp3) is 0.222. The maximum atomic E-state index is 12.8. The first-order chi connectivity index (χ1) is 6.43. The molecule has 0 amide bonds. The highest BCUT2D eigenvalue weighted by Crippen LogP contribution is 2.27. The van der Waals surface area contributed by atoms with Gasteiger partial charge in [-0.1, -0.05) is 0 Å². The zero-order chi connectivity index (χ0) is 10.9. The van der Waals surface area contributed by atoms with Crippen molar-refractivity contribution in [1.82, 2.24) is 0 Å². The van der Waals surface area contributed by atoms with Crippen molar-refractivity contribution < 1.29 is 18.0 Å². The van der Waals surface area contributed by atoms with E-state index < -0.39 is 23.6 Å². The van der Waals surface area contributed by atoms with Gasteiger partial charge in [0, 0.05) is 11.1 Å². The summed E-state index contributed by atoms with van der Waals surface area (Å²) >= 11 is 0. The Morgan fingerprint density at radius 3 is 2.43 bits per heavy atom. The van der Waals surface area contributed by atoms with Gasteiger partial charge in [-0.3, -0.25) is 4.79 Å². The Morgan fingerprint density at radius 1 is 1.43 bits per heavy atom. The fourth-order valence-electron chi connectivity index (χ4n) is 1.09. The van der Waals surface area contributed by atoms with E-state index in [4.69, 9.17) is 5.73 Å². The molecule has 0 unspecified atom stereocenters. The number of anilines is 1. The second kappa shape index (κ2) is 3.69. The number of benzene rings is 1. The zero-order valence-corrected chi connectivity index (χ0v) is 7.35. The fourth-order valence-corrected chi connectivity index (χ4v) is 1.09. The molecule has 0 saturated heterocycles. The molecule has 0 aromatic heterocycles. The topological polar surface area (TPSA) is 43.1 Å². The molecule has 5 heteroatoms. The van der Waals surface area contributed by atoms with Crippen LogP contribution in [0.1, 0.15) is 29.3 Å². The predicted octanol–water partition coefficient (Wildman–Crippen LogP) is 2.55. The van der Waals surface area contributed by atoms with Gasteiger partial charge in [0.25, 0.3) is 6.43 Å². The molecule has 1 rings (SSSR count). The molecule has 14 heavy (non-hydrogen) atoms. The summed E-state index contributed by atoms with van der Waals surface area (Å²) in [4.78, 5) is 10.9. The number of alkyl halides is 2. The number of nitrogens with two attached hydrogens (primary N) is 1. The van der Waals surface area contributed by atoms with Crippen molar-refractivity contribution in [2.75, 3.05) is 5.73 Å². The largest absolute Gasteiger partial charge is 0.396 e. The molecule has 0 atom stereocenters. The van der Waals surface area contributed by atoms with Crippen LogP contribution >= 0.6 is 0 Å². The van der Waals surface area contributed by atoms with Crippen LogP contribution in [0.5, 0.6) is 0 Å². The Bertz CT molecular complexity index is 377. The number of hydrogen-bond acceptors (Lipinski definition) is 2. The Morgan fingerprint density at radius 2 is 2.00 bits per heavy atom. The minimum atomic E-state index is -2.89. The number of carbonyl (C=O) groups is 1. The van der Waals surface area contributed by atoms with E-state index >= 15 is 0 Å². The highest BCUT2D eigenvalue weighted by molar-refractivity contribution is 5.96. The van der Waals surface area contributed by atoms with Crippen molar-refractivity contribution in [2.45, 2.75) is 13.3 Å². The SMILES string of the molecule is CC(=O)c1cc(N)c(F)cc1C(F)F. The quantitative estimate of drug-likeness (QED) is 0.592. The van der Waals surface area contributed by atoms with E-state index in [9.17, 15) is 18.0 Å². The van der Waals surface area contributed by atoms with Gasteiger partial charge in [-0.25, -0.2) is 13.2 Å². The minimum absolute atomic E-state index is 0.237. The standard InChI is InChI=1S/C9H8F3NO/c1-4(14)5-3-8(13)7(10)2-6(5)9(11)12/h2-3,9H,13H2,1H3. The number of nitrogen functional groups attached to an aromatic ring is 1. The Hall–Kier alpha value is -1.52. The molecule has 0 radical (unpaired) electrons. The van der Waals surface area contributed by atoms with Crippen molar-refractivity contribution >= 4 is 11.5 Å². The van der Waals surface area contributed by atoms with Crippen molar-refractivity contribution in [2.24, 2.45) is 0 Å². The highest BCUT2D eigenvalue weighted by Gasteiger charge is 2.18. The molecule has 76 valence electrons. The second-order valence-corrected chi connectivity index (χ2v) is 2.82. The van der Waals surface area contributed by atoms with Crippen LogP contribution in [0.4, 0.5) is 18.9 Å². The molecule has 0 fully saturated rings. The van der Waals surface area contributed by atoms with Gasteiger partial charge in [0.05, 0.1) is 5.69 Å². The van der Waals surface area contributed by atoms with Gasteiger partial charge < -0.3 is 5.73 Å². The summed E-state index contributed by atoms with van der Waals surface area (Å²) in [5.41, 5.74) is 3.99. The molecule has 0 aliphatic carbocycles. The van der Waals surface area contributed by atoms with Crippen LogP contribution in [0.3, 0.4) is 0 Å². The lowest BCUT2D eigenvalue weighted by molar-refractivity contribution is 0.0999. The number of halogens is 3. The molecular weight excluding hydrogens is 195 g/mol. The van der Waals surface area contributed by atoms with Crippen LogP contribution in [0, 0.1) is 5.82 Å². The third-order valence-electron chi connectivity index (χ3n) is 1.78. The first-order valence-electron chi connectivity index (χ1n) is 3.81. The summed E-state index contributed by atoms with van der Waals surface area (Å²) in [5.74, 6) is -1.50. The zero-order valence-electron chi connectivity index (χ0n) is 7.35. The lowest BCUT2D eigenvalue weighted by Gasteiger charge is -2.07. The van der Waals surface area contributed by atoms with Crippen LogP contribution in [0.25, 0.3) is 0 Å². The molecule has 0 aliphatic rings. The van der Waals surface area contributed by atoms with E-state index in [1.807, 2.05) is 0 Å². The van der Waals surface area contributed by atoms with Crippen LogP contribution in [-0.4, -0.2) is 5.78 Å². The van der Waals surface area contributed by atoms with Gasteiger partial charge in [-0.05, 0) is 19.1 Å². The molecule has 0 spiro atoms. The van der Waals surface area contributed by atoms with E-state index in [-0.39, 0.29) is 11.3 Å². The van der Waals surface area contributed by atoms with Crippen LogP contribution in [0.15, 0.2) is 12.1 Å². The van der Waals surface area contributed by atoms with Crippen molar-refractivity contribution in [3.8, 4) is 0 Å². The van der Waals surface area contributed by atoms with E-state index in [0.29, 0.717) is 6.07 Å². The second-order valence-electron chi connectivity index (χ2n) is 2.82.